The van der Waals surface area contributed by atoms with Gasteiger partial charge in [-0.25, -0.2) is 0 Å². The third-order valence-electron chi connectivity index (χ3n) is 6.02. The molecule has 0 bridgehead atoms. The van der Waals surface area contributed by atoms with Crippen LogP contribution in [0.5, 0.6) is 17.2 Å². The SMILES string of the molecule is COc1ccc(OC)c([C@@H]2C(=C(O)c3ccc(OC)c(C)c3)C(=O)C(=O)N2Cc2cccnc2)c1. The molecular weight excluding hydrogens is 448 g/mol. The van der Waals surface area contributed by atoms with Gasteiger partial charge in [0.1, 0.15) is 23.0 Å². The van der Waals surface area contributed by atoms with E-state index in [2.05, 4.69) is 4.98 Å². The van der Waals surface area contributed by atoms with E-state index in [0.717, 1.165) is 11.1 Å². The van der Waals surface area contributed by atoms with Crippen LogP contribution in [-0.2, 0) is 16.1 Å². The molecule has 2 heterocycles. The Morgan fingerprint density at radius 3 is 2.37 bits per heavy atom. The van der Waals surface area contributed by atoms with Gasteiger partial charge < -0.3 is 24.2 Å². The van der Waals surface area contributed by atoms with E-state index in [1.807, 2.05) is 13.0 Å². The quantitative estimate of drug-likeness (QED) is 0.314. The van der Waals surface area contributed by atoms with Crippen LogP contribution in [0.4, 0.5) is 0 Å². The molecule has 1 saturated heterocycles. The normalized spacial score (nSPS) is 16.9. The molecule has 1 atom stereocenters. The number of methoxy groups -OCH3 is 3. The Hall–Kier alpha value is -4.33. The molecule has 0 aliphatic carbocycles. The zero-order chi connectivity index (χ0) is 25.1. The van der Waals surface area contributed by atoms with Crippen LogP contribution < -0.4 is 14.2 Å². The van der Waals surface area contributed by atoms with Crippen molar-refractivity contribution in [2.24, 2.45) is 0 Å². The van der Waals surface area contributed by atoms with Crippen molar-refractivity contribution in [3.8, 4) is 17.2 Å². The van der Waals surface area contributed by atoms with Gasteiger partial charge in [0, 0.05) is 30.1 Å². The average molecular weight is 475 g/mol. The van der Waals surface area contributed by atoms with Crippen LogP contribution in [0.1, 0.15) is 28.3 Å². The molecule has 0 saturated carbocycles. The number of ketones is 1. The fraction of sp³-hybridized carbons (Fsp3) is 0.222. The van der Waals surface area contributed by atoms with Gasteiger partial charge in [-0.15, -0.1) is 0 Å². The topological polar surface area (TPSA) is 98.2 Å². The molecule has 8 heteroatoms. The van der Waals surface area contributed by atoms with E-state index in [0.29, 0.717) is 28.4 Å². The van der Waals surface area contributed by atoms with E-state index in [1.54, 1.807) is 62.0 Å². The summed E-state index contributed by atoms with van der Waals surface area (Å²) >= 11 is 0. The molecule has 180 valence electrons. The molecule has 1 amide bonds. The highest BCUT2D eigenvalue weighted by atomic mass is 16.5. The minimum Gasteiger partial charge on any atom is -0.507 e. The first-order valence-electron chi connectivity index (χ1n) is 10.9. The third-order valence-corrected chi connectivity index (χ3v) is 6.02. The maximum Gasteiger partial charge on any atom is 0.295 e. The lowest BCUT2D eigenvalue weighted by Gasteiger charge is -2.27. The Kier molecular flexibility index (Phi) is 6.73. The Morgan fingerprint density at radius 2 is 1.74 bits per heavy atom. The summed E-state index contributed by atoms with van der Waals surface area (Å²) in [5, 5.41) is 11.4. The molecule has 0 spiro atoms. The lowest BCUT2D eigenvalue weighted by Crippen LogP contribution is -2.29. The molecule has 3 aromatic rings. The van der Waals surface area contributed by atoms with E-state index < -0.39 is 17.7 Å². The van der Waals surface area contributed by atoms with Crippen LogP contribution in [0.3, 0.4) is 0 Å². The van der Waals surface area contributed by atoms with Gasteiger partial charge in [-0.2, -0.15) is 0 Å². The Morgan fingerprint density at radius 1 is 1.00 bits per heavy atom. The maximum absolute atomic E-state index is 13.3. The van der Waals surface area contributed by atoms with Gasteiger partial charge in [-0.1, -0.05) is 6.07 Å². The number of rotatable bonds is 7. The number of carbonyl (C=O) groups excluding carboxylic acids is 2. The summed E-state index contributed by atoms with van der Waals surface area (Å²) in [5.41, 5.74) is 2.39. The second-order valence-electron chi connectivity index (χ2n) is 8.08. The van der Waals surface area contributed by atoms with E-state index in [9.17, 15) is 14.7 Å². The molecule has 8 nitrogen and oxygen atoms in total. The molecule has 1 aliphatic heterocycles. The van der Waals surface area contributed by atoms with Gasteiger partial charge in [0.05, 0.1) is 32.9 Å². The number of benzene rings is 2. The first kappa shape index (κ1) is 23.8. The number of hydrogen-bond acceptors (Lipinski definition) is 7. The second-order valence-corrected chi connectivity index (χ2v) is 8.08. The number of pyridine rings is 1. The van der Waals surface area contributed by atoms with Crippen molar-refractivity contribution in [1.82, 2.24) is 9.88 Å². The van der Waals surface area contributed by atoms with Gasteiger partial charge in [0.2, 0.25) is 0 Å². The molecule has 4 rings (SSSR count). The zero-order valence-corrected chi connectivity index (χ0v) is 19.9. The second kappa shape index (κ2) is 9.89. The Balaban J connectivity index is 1.94. The highest BCUT2D eigenvalue weighted by molar-refractivity contribution is 6.46. The summed E-state index contributed by atoms with van der Waals surface area (Å²) in [6.07, 6.45) is 3.26. The highest BCUT2D eigenvalue weighted by Crippen LogP contribution is 2.44. The van der Waals surface area contributed by atoms with Gasteiger partial charge in [0.25, 0.3) is 11.7 Å². The van der Waals surface area contributed by atoms with Crippen LogP contribution in [0.25, 0.3) is 5.76 Å². The van der Waals surface area contributed by atoms with Crippen LogP contribution in [-0.4, -0.2) is 48.0 Å². The van der Waals surface area contributed by atoms with E-state index >= 15 is 0 Å². The van der Waals surface area contributed by atoms with Gasteiger partial charge >= 0.3 is 0 Å². The predicted molar refractivity (Wildman–Crippen MR) is 129 cm³/mol. The number of nitrogens with zero attached hydrogens (tertiary/aromatic N) is 2. The minimum atomic E-state index is -0.914. The molecule has 1 fully saturated rings. The average Bonchev–Trinajstić information content (AvgIpc) is 3.13. The van der Waals surface area contributed by atoms with Crippen LogP contribution in [0.2, 0.25) is 0 Å². The number of aromatic nitrogens is 1. The maximum atomic E-state index is 13.3. The van der Waals surface area contributed by atoms with Crippen molar-refractivity contribution in [3.63, 3.8) is 0 Å². The first-order valence-corrected chi connectivity index (χ1v) is 10.9. The largest absolute Gasteiger partial charge is 0.507 e. The fourth-order valence-corrected chi connectivity index (χ4v) is 4.29. The van der Waals surface area contributed by atoms with Crippen molar-refractivity contribution >= 4 is 17.4 Å². The molecule has 0 unspecified atom stereocenters. The number of hydrogen-bond donors (Lipinski definition) is 1. The molecule has 35 heavy (non-hydrogen) atoms. The fourth-order valence-electron chi connectivity index (χ4n) is 4.29. The standard InChI is InChI=1S/C27H26N2O6/c1-16-12-18(7-9-21(16)34-3)25(30)23-24(20-13-19(33-2)8-10-22(20)35-4)29(27(32)26(23)31)15-17-6-5-11-28-14-17/h5-14,24,30H,15H2,1-4H3/t24-/m1/s1. The highest BCUT2D eigenvalue weighted by Gasteiger charge is 2.47. The predicted octanol–water partition coefficient (Wildman–Crippen LogP) is 4.04. The van der Waals surface area contributed by atoms with E-state index in [1.165, 1.54) is 19.1 Å². The third kappa shape index (κ3) is 4.42. The summed E-state index contributed by atoms with van der Waals surface area (Å²) in [6.45, 7) is 1.95. The zero-order valence-electron chi connectivity index (χ0n) is 19.9. The van der Waals surface area contributed by atoms with Crippen molar-refractivity contribution in [3.05, 3.63) is 88.8 Å². The van der Waals surface area contributed by atoms with Crippen LogP contribution >= 0.6 is 0 Å². The Bertz CT molecular complexity index is 1300. The molecular formula is C27H26N2O6. The minimum absolute atomic E-state index is 0.0324. The molecule has 2 aromatic carbocycles. The molecule has 0 radical (unpaired) electrons. The Labute approximate surface area is 203 Å². The summed E-state index contributed by atoms with van der Waals surface area (Å²) in [7, 11) is 4.59. The number of ether oxygens (including phenoxy) is 3. The first-order chi connectivity index (χ1) is 16.9. The number of amides is 1. The summed E-state index contributed by atoms with van der Waals surface area (Å²) < 4.78 is 16.3. The van der Waals surface area contributed by atoms with Gasteiger partial charge in [0.15, 0.2) is 0 Å². The van der Waals surface area contributed by atoms with Gasteiger partial charge in [-0.05, 0) is 60.5 Å². The number of Topliss-reactive ketones (excluding diaryl/α,β-unsaturated/α-hetero) is 1. The summed E-state index contributed by atoms with van der Waals surface area (Å²) in [5.74, 6) is -0.175. The molecule has 1 N–H and O–H groups in total. The number of likely N-dealkylation sites (tertiary alicyclic amines) is 1. The van der Waals surface area contributed by atoms with Gasteiger partial charge in [-0.3, -0.25) is 14.6 Å². The number of aliphatic hydroxyl groups is 1. The molecule has 1 aromatic heterocycles. The lowest BCUT2D eigenvalue weighted by atomic mass is 9.93. The van der Waals surface area contributed by atoms with Crippen molar-refractivity contribution in [2.45, 2.75) is 19.5 Å². The number of aryl methyl sites for hydroxylation is 1. The van der Waals surface area contributed by atoms with Crippen molar-refractivity contribution in [2.75, 3.05) is 21.3 Å². The summed E-state index contributed by atoms with van der Waals surface area (Å²) in [4.78, 5) is 32.2. The number of carbonyl (C=O) groups is 2. The van der Waals surface area contributed by atoms with E-state index in [4.69, 9.17) is 14.2 Å². The lowest BCUT2D eigenvalue weighted by molar-refractivity contribution is -0.140. The number of aliphatic hydroxyl groups excluding tert-OH is 1. The van der Waals surface area contributed by atoms with Crippen molar-refractivity contribution < 1.29 is 28.9 Å². The van der Waals surface area contributed by atoms with Crippen molar-refractivity contribution in [1.29, 1.82) is 0 Å². The monoisotopic (exact) mass is 474 g/mol. The van der Waals surface area contributed by atoms with Crippen LogP contribution in [0, 0.1) is 6.92 Å². The summed E-state index contributed by atoms with van der Waals surface area (Å²) in [6, 6.07) is 12.9. The molecule has 1 aliphatic rings. The van der Waals surface area contributed by atoms with Crippen LogP contribution in [0.15, 0.2) is 66.5 Å². The van der Waals surface area contributed by atoms with E-state index in [-0.39, 0.29) is 17.9 Å². The smallest absolute Gasteiger partial charge is 0.295 e.